The van der Waals surface area contributed by atoms with Crippen molar-refractivity contribution in [1.82, 2.24) is 0 Å². The smallest absolute Gasteiger partial charge is 0.245 e. The Morgan fingerprint density at radius 1 is 1.39 bits per heavy atom. The summed E-state index contributed by atoms with van der Waals surface area (Å²) in [6, 6.07) is 7.33. The van der Waals surface area contributed by atoms with Crippen LogP contribution in [0.4, 0.5) is 5.69 Å². The molecule has 0 aromatic heterocycles. The Bertz CT molecular complexity index is 422. The number of para-hydroxylation sites is 2. The molecule has 2 unspecified atom stereocenters. The first kappa shape index (κ1) is 14.3. The number of carbonyl (C=O) groups excluding carboxylic acids is 1. The van der Waals surface area contributed by atoms with Gasteiger partial charge in [0.05, 0.1) is 18.9 Å². The van der Waals surface area contributed by atoms with Gasteiger partial charge in [-0.3, -0.25) is 4.79 Å². The van der Waals surface area contributed by atoms with Crippen molar-refractivity contribution in [3.63, 3.8) is 0 Å². The third-order valence-electron chi connectivity index (χ3n) is 3.18. The van der Waals surface area contributed by atoms with Crippen LogP contribution in [0.2, 0.25) is 0 Å². The molecular weight excluding hydrogens is 232 g/mol. The monoisotopic (exact) mass is 252 g/mol. The van der Waals surface area contributed by atoms with Gasteiger partial charge < -0.3 is 20.5 Å². The number of ether oxygens (including phenoxy) is 2. The average molecular weight is 252 g/mol. The van der Waals surface area contributed by atoms with E-state index in [1.807, 2.05) is 18.2 Å². The van der Waals surface area contributed by atoms with E-state index in [1.165, 1.54) is 7.11 Å². The van der Waals surface area contributed by atoms with E-state index < -0.39 is 11.4 Å². The SMILES string of the molecule is COc1ccccc1NC(C)(C(N)=O)C(C)OC. The lowest BCUT2D eigenvalue weighted by molar-refractivity contribution is -0.125. The summed E-state index contributed by atoms with van der Waals surface area (Å²) in [5.74, 6) is 0.163. The molecule has 0 aliphatic heterocycles. The molecule has 0 aliphatic rings. The van der Waals surface area contributed by atoms with Crippen LogP contribution in [0, 0.1) is 0 Å². The van der Waals surface area contributed by atoms with Crippen LogP contribution in [0.1, 0.15) is 13.8 Å². The van der Waals surface area contributed by atoms with Crippen molar-refractivity contribution in [2.75, 3.05) is 19.5 Å². The zero-order chi connectivity index (χ0) is 13.8. The lowest BCUT2D eigenvalue weighted by Crippen LogP contribution is -2.56. The van der Waals surface area contributed by atoms with E-state index in [2.05, 4.69) is 5.32 Å². The van der Waals surface area contributed by atoms with Gasteiger partial charge in [0.2, 0.25) is 5.91 Å². The number of benzene rings is 1. The van der Waals surface area contributed by atoms with E-state index >= 15 is 0 Å². The van der Waals surface area contributed by atoms with E-state index in [0.717, 1.165) is 0 Å². The van der Waals surface area contributed by atoms with Crippen LogP contribution in [-0.4, -0.2) is 31.8 Å². The molecule has 3 N–H and O–H groups in total. The summed E-state index contributed by atoms with van der Waals surface area (Å²) in [5, 5.41) is 3.10. The van der Waals surface area contributed by atoms with Crippen LogP contribution in [0.25, 0.3) is 0 Å². The normalized spacial score (nSPS) is 15.6. The molecule has 0 bridgehead atoms. The number of hydrogen-bond acceptors (Lipinski definition) is 4. The Kier molecular flexibility index (Phi) is 4.55. The maximum atomic E-state index is 11.7. The predicted molar refractivity (Wildman–Crippen MR) is 70.7 cm³/mol. The molecule has 0 heterocycles. The van der Waals surface area contributed by atoms with E-state index in [9.17, 15) is 4.79 Å². The molecular formula is C13H20N2O3. The minimum Gasteiger partial charge on any atom is -0.495 e. The summed E-state index contributed by atoms with van der Waals surface area (Å²) in [4.78, 5) is 11.7. The number of hydrogen-bond donors (Lipinski definition) is 2. The van der Waals surface area contributed by atoms with Crippen molar-refractivity contribution in [2.24, 2.45) is 5.73 Å². The number of carbonyl (C=O) groups is 1. The van der Waals surface area contributed by atoms with Crippen molar-refractivity contribution in [3.8, 4) is 5.75 Å². The maximum Gasteiger partial charge on any atom is 0.245 e. The number of primary amides is 1. The molecule has 1 amide bonds. The molecule has 5 nitrogen and oxygen atoms in total. The molecule has 1 aromatic carbocycles. The highest BCUT2D eigenvalue weighted by atomic mass is 16.5. The fraction of sp³-hybridized carbons (Fsp3) is 0.462. The minimum absolute atomic E-state index is 0.375. The van der Waals surface area contributed by atoms with Gasteiger partial charge in [0.15, 0.2) is 0 Å². The van der Waals surface area contributed by atoms with E-state index in [0.29, 0.717) is 11.4 Å². The van der Waals surface area contributed by atoms with Crippen molar-refractivity contribution >= 4 is 11.6 Å². The molecule has 1 aromatic rings. The lowest BCUT2D eigenvalue weighted by atomic mass is 9.94. The summed E-state index contributed by atoms with van der Waals surface area (Å²) in [5.41, 5.74) is 5.15. The first-order valence-electron chi connectivity index (χ1n) is 5.69. The van der Waals surface area contributed by atoms with Gasteiger partial charge in [0.1, 0.15) is 11.3 Å². The fourth-order valence-electron chi connectivity index (χ4n) is 1.63. The summed E-state index contributed by atoms with van der Waals surface area (Å²) in [6.07, 6.45) is -0.375. The number of rotatable bonds is 6. The summed E-state index contributed by atoms with van der Waals surface area (Å²) < 4.78 is 10.4. The third kappa shape index (κ3) is 2.73. The molecule has 100 valence electrons. The highest BCUT2D eigenvalue weighted by molar-refractivity contribution is 5.88. The number of anilines is 1. The average Bonchev–Trinajstić information content (AvgIpc) is 2.37. The van der Waals surface area contributed by atoms with E-state index in [1.54, 1.807) is 27.0 Å². The van der Waals surface area contributed by atoms with Crippen LogP contribution < -0.4 is 15.8 Å². The Hall–Kier alpha value is -1.75. The highest BCUT2D eigenvalue weighted by Gasteiger charge is 2.38. The van der Waals surface area contributed by atoms with E-state index in [4.69, 9.17) is 15.2 Å². The zero-order valence-corrected chi connectivity index (χ0v) is 11.2. The van der Waals surface area contributed by atoms with Gasteiger partial charge in [-0.25, -0.2) is 0 Å². The Morgan fingerprint density at radius 3 is 2.50 bits per heavy atom. The zero-order valence-electron chi connectivity index (χ0n) is 11.2. The third-order valence-corrected chi connectivity index (χ3v) is 3.18. The second-order valence-electron chi connectivity index (χ2n) is 4.27. The molecule has 0 aliphatic carbocycles. The summed E-state index contributed by atoms with van der Waals surface area (Å²) >= 11 is 0. The van der Waals surface area contributed by atoms with Gasteiger partial charge in [-0.05, 0) is 26.0 Å². The van der Waals surface area contributed by atoms with Crippen LogP contribution in [0.3, 0.4) is 0 Å². The van der Waals surface area contributed by atoms with Gasteiger partial charge in [0, 0.05) is 7.11 Å². The number of amides is 1. The molecule has 5 heteroatoms. The van der Waals surface area contributed by atoms with Crippen LogP contribution in [-0.2, 0) is 9.53 Å². The Morgan fingerprint density at radius 2 is 2.00 bits per heavy atom. The van der Waals surface area contributed by atoms with Crippen LogP contribution in [0.5, 0.6) is 5.75 Å². The quantitative estimate of drug-likeness (QED) is 0.802. The van der Waals surface area contributed by atoms with Crippen molar-refractivity contribution in [1.29, 1.82) is 0 Å². The fourth-order valence-corrected chi connectivity index (χ4v) is 1.63. The van der Waals surface area contributed by atoms with Gasteiger partial charge >= 0.3 is 0 Å². The Balaban J connectivity index is 3.08. The highest BCUT2D eigenvalue weighted by Crippen LogP contribution is 2.28. The molecule has 0 saturated heterocycles. The molecule has 0 fully saturated rings. The van der Waals surface area contributed by atoms with Crippen molar-refractivity contribution in [2.45, 2.75) is 25.5 Å². The Labute approximate surface area is 107 Å². The maximum absolute atomic E-state index is 11.7. The minimum atomic E-state index is -1.01. The van der Waals surface area contributed by atoms with E-state index in [-0.39, 0.29) is 6.10 Å². The molecule has 18 heavy (non-hydrogen) atoms. The standard InChI is InChI=1S/C13H20N2O3/c1-9(17-3)13(2,12(14)16)15-10-7-5-6-8-11(10)18-4/h5-9,15H,1-4H3,(H2,14,16). The molecule has 0 radical (unpaired) electrons. The molecule has 2 atom stereocenters. The largest absolute Gasteiger partial charge is 0.495 e. The first-order valence-corrected chi connectivity index (χ1v) is 5.69. The predicted octanol–water partition coefficient (Wildman–Crippen LogP) is 1.39. The molecule has 0 saturated carbocycles. The second kappa shape index (κ2) is 5.73. The van der Waals surface area contributed by atoms with Gasteiger partial charge in [-0.15, -0.1) is 0 Å². The van der Waals surface area contributed by atoms with Crippen molar-refractivity contribution in [3.05, 3.63) is 24.3 Å². The van der Waals surface area contributed by atoms with Gasteiger partial charge in [-0.2, -0.15) is 0 Å². The van der Waals surface area contributed by atoms with Gasteiger partial charge in [-0.1, -0.05) is 12.1 Å². The van der Waals surface area contributed by atoms with Crippen LogP contribution >= 0.6 is 0 Å². The molecule has 1 rings (SSSR count). The summed E-state index contributed by atoms with van der Waals surface area (Å²) in [6.45, 7) is 3.49. The summed E-state index contributed by atoms with van der Waals surface area (Å²) in [7, 11) is 3.11. The topological polar surface area (TPSA) is 73.6 Å². The number of methoxy groups -OCH3 is 2. The molecule has 0 spiro atoms. The number of nitrogens with one attached hydrogen (secondary N) is 1. The van der Waals surface area contributed by atoms with Gasteiger partial charge in [0.25, 0.3) is 0 Å². The second-order valence-corrected chi connectivity index (χ2v) is 4.27. The van der Waals surface area contributed by atoms with Crippen LogP contribution in [0.15, 0.2) is 24.3 Å². The lowest BCUT2D eigenvalue weighted by Gasteiger charge is -2.33. The first-order chi connectivity index (χ1) is 8.45. The number of nitrogens with two attached hydrogens (primary N) is 1. The van der Waals surface area contributed by atoms with Crippen molar-refractivity contribution < 1.29 is 14.3 Å².